The Balaban J connectivity index is 4.21. The van der Waals surface area contributed by atoms with Crippen LogP contribution >= 0.6 is 37.5 Å². The standard InChI is InChI=1S/C18H34N4O4S3/c1-3-5-7-19-17(24)13(11-27)21-15(23)9-26-10-16(29)22-14(12-28)18(25)20-8-6-4-2/h13-14,27-28H,3-12H2,1-2H3,(H,19,24)(H,20,25)(H,21,23)(H,22,29). The summed E-state index contributed by atoms with van der Waals surface area (Å²) in [5.74, 6) is -0.444. The van der Waals surface area contributed by atoms with E-state index in [4.69, 9.17) is 17.0 Å². The summed E-state index contributed by atoms with van der Waals surface area (Å²) in [6.45, 7) is 4.94. The van der Waals surface area contributed by atoms with Gasteiger partial charge in [0.2, 0.25) is 17.7 Å². The molecule has 8 nitrogen and oxygen atoms in total. The van der Waals surface area contributed by atoms with Crippen molar-refractivity contribution in [3.8, 4) is 0 Å². The summed E-state index contributed by atoms with van der Waals surface area (Å²) in [5.41, 5.74) is 0. The first-order valence-corrected chi connectivity index (χ1v) is 11.5. The van der Waals surface area contributed by atoms with Gasteiger partial charge in [0.15, 0.2) is 0 Å². The molecule has 0 aliphatic rings. The van der Waals surface area contributed by atoms with E-state index in [1.807, 2.05) is 13.8 Å². The lowest BCUT2D eigenvalue weighted by Gasteiger charge is -2.18. The van der Waals surface area contributed by atoms with E-state index in [0.29, 0.717) is 18.1 Å². The molecular weight excluding hydrogens is 432 g/mol. The van der Waals surface area contributed by atoms with Crippen LogP contribution in [0.4, 0.5) is 0 Å². The van der Waals surface area contributed by atoms with Crippen LogP contribution in [0.1, 0.15) is 39.5 Å². The van der Waals surface area contributed by atoms with Crippen LogP contribution in [0.3, 0.4) is 0 Å². The maximum Gasteiger partial charge on any atom is 0.246 e. The van der Waals surface area contributed by atoms with Gasteiger partial charge in [0.25, 0.3) is 0 Å². The van der Waals surface area contributed by atoms with Crippen LogP contribution < -0.4 is 21.3 Å². The van der Waals surface area contributed by atoms with Gasteiger partial charge in [-0.05, 0) is 12.8 Å². The Bertz CT molecular complexity index is 479. The van der Waals surface area contributed by atoms with E-state index >= 15 is 0 Å². The molecule has 0 aliphatic heterocycles. The SMILES string of the molecule is CCCCNC(=O)C(CS)NC(=O)COCC(=S)NC(CS)C(=O)NCCCC. The summed E-state index contributed by atoms with van der Waals surface area (Å²) in [4.78, 5) is 36.3. The lowest BCUT2D eigenvalue weighted by molar-refractivity contribution is -0.130. The molecule has 4 N–H and O–H groups in total. The molecule has 168 valence electrons. The summed E-state index contributed by atoms with van der Waals surface area (Å²) in [5, 5.41) is 11.0. The third kappa shape index (κ3) is 13.7. The summed E-state index contributed by atoms with van der Waals surface area (Å²) < 4.78 is 5.28. The van der Waals surface area contributed by atoms with Crippen LogP contribution in [0.25, 0.3) is 0 Å². The van der Waals surface area contributed by atoms with Crippen LogP contribution in [-0.4, -0.2) is 72.6 Å². The first kappa shape index (κ1) is 28.0. The topological polar surface area (TPSA) is 109 Å². The van der Waals surface area contributed by atoms with E-state index < -0.39 is 18.0 Å². The molecule has 0 aromatic carbocycles. The molecule has 0 radical (unpaired) electrons. The van der Waals surface area contributed by atoms with Gasteiger partial charge in [0, 0.05) is 24.6 Å². The Morgan fingerprint density at radius 1 is 0.862 bits per heavy atom. The second-order valence-corrected chi connectivity index (χ2v) is 7.61. The molecule has 0 saturated carbocycles. The smallest absolute Gasteiger partial charge is 0.246 e. The minimum absolute atomic E-state index is 0.0243. The average molecular weight is 467 g/mol. The van der Waals surface area contributed by atoms with E-state index in [-0.39, 0.29) is 36.5 Å². The second kappa shape index (κ2) is 17.8. The van der Waals surface area contributed by atoms with Gasteiger partial charge in [-0.1, -0.05) is 38.9 Å². The highest BCUT2D eigenvalue weighted by Crippen LogP contribution is 1.94. The van der Waals surface area contributed by atoms with Gasteiger partial charge < -0.3 is 26.0 Å². The molecule has 3 amide bonds. The van der Waals surface area contributed by atoms with E-state index in [1.165, 1.54) is 0 Å². The third-order valence-electron chi connectivity index (χ3n) is 3.79. The Kier molecular flexibility index (Phi) is 17.1. The van der Waals surface area contributed by atoms with Gasteiger partial charge in [0.05, 0.1) is 6.61 Å². The van der Waals surface area contributed by atoms with Crippen molar-refractivity contribution in [2.24, 2.45) is 0 Å². The molecule has 2 atom stereocenters. The molecule has 29 heavy (non-hydrogen) atoms. The highest BCUT2D eigenvalue weighted by atomic mass is 32.1. The lowest BCUT2D eigenvalue weighted by Crippen LogP contribution is -2.50. The fraction of sp³-hybridized carbons (Fsp3) is 0.778. The van der Waals surface area contributed by atoms with Crippen molar-refractivity contribution in [3.05, 3.63) is 0 Å². The number of hydrogen-bond acceptors (Lipinski definition) is 7. The first-order valence-electron chi connectivity index (χ1n) is 9.83. The number of carbonyl (C=O) groups is 3. The lowest BCUT2D eigenvalue weighted by atomic mass is 10.3. The highest BCUT2D eigenvalue weighted by molar-refractivity contribution is 7.80. The number of rotatable bonds is 16. The number of hydrogen-bond donors (Lipinski definition) is 6. The molecule has 0 bridgehead atoms. The third-order valence-corrected chi connectivity index (χ3v) is 4.76. The van der Waals surface area contributed by atoms with Crippen molar-refractivity contribution in [3.63, 3.8) is 0 Å². The number of amides is 3. The van der Waals surface area contributed by atoms with Crippen LogP contribution in [0.2, 0.25) is 0 Å². The predicted molar refractivity (Wildman–Crippen MR) is 126 cm³/mol. The number of thiocarbonyl (C=S) groups is 1. The number of carbonyl (C=O) groups excluding carboxylic acids is 3. The molecule has 0 fully saturated rings. The Morgan fingerprint density at radius 3 is 1.79 bits per heavy atom. The van der Waals surface area contributed by atoms with Crippen LogP contribution in [0.5, 0.6) is 0 Å². The van der Waals surface area contributed by atoms with E-state index in [2.05, 4.69) is 46.5 Å². The largest absolute Gasteiger partial charge is 0.366 e. The van der Waals surface area contributed by atoms with Crippen LogP contribution in [0.15, 0.2) is 0 Å². The molecule has 0 rings (SSSR count). The van der Waals surface area contributed by atoms with Gasteiger partial charge in [-0.3, -0.25) is 14.4 Å². The fourth-order valence-electron chi connectivity index (χ4n) is 2.12. The van der Waals surface area contributed by atoms with Crippen molar-refractivity contribution in [1.29, 1.82) is 0 Å². The van der Waals surface area contributed by atoms with Gasteiger partial charge in [-0.2, -0.15) is 25.3 Å². The minimum Gasteiger partial charge on any atom is -0.366 e. The zero-order valence-corrected chi connectivity index (χ0v) is 19.8. The number of ether oxygens (including phenoxy) is 1. The normalized spacial score (nSPS) is 12.6. The quantitative estimate of drug-likeness (QED) is 0.112. The molecular formula is C18H34N4O4S3. The van der Waals surface area contributed by atoms with Crippen molar-refractivity contribution in [1.82, 2.24) is 21.3 Å². The monoisotopic (exact) mass is 466 g/mol. The number of thiol groups is 2. The molecule has 0 aromatic heterocycles. The zero-order valence-electron chi connectivity index (χ0n) is 17.2. The molecule has 0 spiro atoms. The van der Waals surface area contributed by atoms with E-state index in [1.54, 1.807) is 0 Å². The Hall–Kier alpha value is -1.04. The Morgan fingerprint density at radius 2 is 1.34 bits per heavy atom. The van der Waals surface area contributed by atoms with Gasteiger partial charge >= 0.3 is 0 Å². The predicted octanol–water partition coefficient (Wildman–Crippen LogP) is 0.466. The van der Waals surface area contributed by atoms with Gasteiger partial charge in [-0.25, -0.2) is 0 Å². The van der Waals surface area contributed by atoms with E-state index in [9.17, 15) is 14.4 Å². The first-order chi connectivity index (χ1) is 13.9. The second-order valence-electron chi connectivity index (χ2n) is 6.39. The van der Waals surface area contributed by atoms with E-state index in [0.717, 1.165) is 25.7 Å². The van der Waals surface area contributed by atoms with Crippen LogP contribution in [0, 0.1) is 0 Å². The van der Waals surface area contributed by atoms with Crippen molar-refractivity contribution >= 4 is 60.2 Å². The summed E-state index contributed by atoms with van der Waals surface area (Å²) >= 11 is 13.4. The average Bonchev–Trinajstić information content (AvgIpc) is 2.70. The summed E-state index contributed by atoms with van der Waals surface area (Å²) in [6, 6.07) is -1.29. The van der Waals surface area contributed by atoms with Gasteiger partial charge in [-0.15, -0.1) is 0 Å². The molecule has 2 unspecified atom stereocenters. The highest BCUT2D eigenvalue weighted by Gasteiger charge is 2.20. The van der Waals surface area contributed by atoms with Crippen molar-refractivity contribution in [2.45, 2.75) is 51.6 Å². The number of unbranched alkanes of at least 4 members (excludes halogenated alkanes) is 2. The summed E-state index contributed by atoms with van der Waals surface area (Å²) in [7, 11) is 0. The van der Waals surface area contributed by atoms with Crippen molar-refractivity contribution < 1.29 is 19.1 Å². The van der Waals surface area contributed by atoms with Crippen LogP contribution in [-0.2, 0) is 19.1 Å². The fourth-order valence-corrected chi connectivity index (χ4v) is 2.86. The Labute approximate surface area is 189 Å². The number of nitrogens with one attached hydrogen (secondary N) is 4. The molecule has 0 aromatic rings. The maximum absolute atomic E-state index is 12.0. The van der Waals surface area contributed by atoms with Gasteiger partial charge in [0.1, 0.15) is 23.7 Å². The molecule has 0 aliphatic carbocycles. The molecule has 11 heteroatoms. The van der Waals surface area contributed by atoms with Crippen molar-refractivity contribution in [2.75, 3.05) is 37.8 Å². The minimum atomic E-state index is -0.725. The zero-order chi connectivity index (χ0) is 22.1. The molecule has 0 heterocycles. The molecule has 0 saturated heterocycles. The summed E-state index contributed by atoms with van der Waals surface area (Å²) in [6.07, 6.45) is 3.73. The maximum atomic E-state index is 12.0.